The molecule has 2 N–H and O–H groups in total. The van der Waals surface area contributed by atoms with E-state index >= 15 is 0 Å². The number of hydrogen-bond donors (Lipinski definition) is 2. The van der Waals surface area contributed by atoms with Gasteiger partial charge in [0, 0.05) is 25.1 Å². The Morgan fingerprint density at radius 1 is 1.15 bits per heavy atom. The molecule has 0 saturated heterocycles. The molecular weight excluding hydrogens is 344 g/mol. The Bertz CT molecular complexity index is 610. The number of carbonyl (C=O) groups is 2. The van der Waals surface area contributed by atoms with E-state index in [-0.39, 0.29) is 31.0 Å². The monoisotopic (exact) mass is 371 g/mol. The molecule has 146 valence electrons. The van der Waals surface area contributed by atoms with Crippen LogP contribution in [0.1, 0.15) is 38.8 Å². The Balaban J connectivity index is 2.52. The van der Waals surface area contributed by atoms with Crippen LogP contribution in [-0.2, 0) is 9.53 Å². The summed E-state index contributed by atoms with van der Waals surface area (Å²) in [6.45, 7) is 5.35. The van der Waals surface area contributed by atoms with Crippen molar-refractivity contribution < 1.29 is 23.1 Å². The number of halogens is 2. The average Bonchev–Trinajstić information content (AvgIpc) is 2.47. The minimum Gasteiger partial charge on any atom is -0.444 e. The second-order valence-electron chi connectivity index (χ2n) is 7.10. The van der Waals surface area contributed by atoms with Crippen LogP contribution in [0.2, 0.25) is 0 Å². The van der Waals surface area contributed by atoms with Crippen molar-refractivity contribution in [2.75, 3.05) is 27.2 Å². The maximum absolute atomic E-state index is 14.0. The number of hydrogen-bond acceptors (Lipinski definition) is 4. The Morgan fingerprint density at radius 2 is 1.73 bits per heavy atom. The SMILES string of the molecule is CN(C)C(CNC(=O)CCNC(=O)OC(C)(C)C)c1c(F)cccc1F. The van der Waals surface area contributed by atoms with Crippen molar-refractivity contribution >= 4 is 12.0 Å². The summed E-state index contributed by atoms with van der Waals surface area (Å²) >= 11 is 0. The van der Waals surface area contributed by atoms with Gasteiger partial charge in [0.1, 0.15) is 17.2 Å². The first-order chi connectivity index (χ1) is 12.0. The molecule has 0 saturated carbocycles. The largest absolute Gasteiger partial charge is 0.444 e. The summed E-state index contributed by atoms with van der Waals surface area (Å²) in [4.78, 5) is 25.1. The summed E-state index contributed by atoms with van der Waals surface area (Å²) < 4.78 is 33.0. The normalized spacial score (nSPS) is 12.6. The van der Waals surface area contributed by atoms with Crippen molar-refractivity contribution in [3.8, 4) is 0 Å². The average molecular weight is 371 g/mol. The zero-order valence-corrected chi connectivity index (χ0v) is 15.9. The molecule has 0 radical (unpaired) electrons. The van der Waals surface area contributed by atoms with E-state index in [1.807, 2.05) is 0 Å². The number of benzene rings is 1. The number of alkyl carbamates (subject to hydrolysis) is 1. The molecule has 6 nitrogen and oxygen atoms in total. The Hall–Kier alpha value is -2.22. The topological polar surface area (TPSA) is 70.7 Å². The lowest BCUT2D eigenvalue weighted by molar-refractivity contribution is -0.121. The summed E-state index contributed by atoms with van der Waals surface area (Å²) in [6, 6.07) is 3.00. The lowest BCUT2D eigenvalue weighted by Crippen LogP contribution is -2.38. The van der Waals surface area contributed by atoms with Crippen LogP contribution in [0.5, 0.6) is 0 Å². The molecule has 0 spiro atoms. The van der Waals surface area contributed by atoms with Crippen LogP contribution < -0.4 is 10.6 Å². The Morgan fingerprint density at radius 3 is 2.23 bits per heavy atom. The second-order valence-corrected chi connectivity index (χ2v) is 7.10. The third kappa shape index (κ3) is 7.35. The maximum Gasteiger partial charge on any atom is 0.407 e. The smallest absolute Gasteiger partial charge is 0.407 e. The highest BCUT2D eigenvalue weighted by atomic mass is 19.1. The number of likely N-dealkylation sites (N-methyl/N-ethyl adjacent to an activating group) is 1. The van der Waals surface area contributed by atoms with Crippen molar-refractivity contribution in [3.63, 3.8) is 0 Å². The fraction of sp³-hybridized carbons (Fsp3) is 0.556. The van der Waals surface area contributed by atoms with Gasteiger partial charge in [0.2, 0.25) is 5.91 Å². The van der Waals surface area contributed by atoms with Crippen molar-refractivity contribution in [2.24, 2.45) is 0 Å². The van der Waals surface area contributed by atoms with Gasteiger partial charge in [0.05, 0.1) is 6.04 Å². The third-order valence-electron chi connectivity index (χ3n) is 3.47. The van der Waals surface area contributed by atoms with E-state index in [2.05, 4.69) is 10.6 Å². The molecular formula is C18H27F2N3O3. The minimum atomic E-state index is -0.662. The Labute approximate surface area is 152 Å². The lowest BCUT2D eigenvalue weighted by Gasteiger charge is -2.26. The van der Waals surface area contributed by atoms with Gasteiger partial charge >= 0.3 is 6.09 Å². The number of carbonyl (C=O) groups excluding carboxylic acids is 2. The molecule has 0 aliphatic rings. The third-order valence-corrected chi connectivity index (χ3v) is 3.47. The molecule has 0 fully saturated rings. The van der Waals surface area contributed by atoms with Crippen LogP contribution in [0.3, 0.4) is 0 Å². The fourth-order valence-electron chi connectivity index (χ4n) is 2.26. The summed E-state index contributed by atoms with van der Waals surface area (Å²) in [7, 11) is 3.35. The standard InChI is InChI=1S/C18H27F2N3O3/c1-18(2,3)26-17(25)21-10-9-15(24)22-11-14(23(4)5)16-12(19)7-6-8-13(16)20/h6-8,14H,9-11H2,1-5H3,(H,21,25)(H,22,24). The molecule has 0 heterocycles. The van der Waals surface area contributed by atoms with E-state index in [1.54, 1.807) is 39.8 Å². The molecule has 1 atom stereocenters. The Kier molecular flexibility index (Phi) is 7.95. The molecule has 8 heteroatoms. The van der Waals surface area contributed by atoms with E-state index in [0.29, 0.717) is 0 Å². The van der Waals surface area contributed by atoms with E-state index < -0.39 is 29.4 Å². The first-order valence-electron chi connectivity index (χ1n) is 8.35. The van der Waals surface area contributed by atoms with Crippen LogP contribution in [0.15, 0.2) is 18.2 Å². The highest BCUT2D eigenvalue weighted by molar-refractivity contribution is 5.77. The van der Waals surface area contributed by atoms with Crippen molar-refractivity contribution in [1.82, 2.24) is 15.5 Å². The van der Waals surface area contributed by atoms with Crippen molar-refractivity contribution in [2.45, 2.75) is 38.8 Å². The van der Waals surface area contributed by atoms with Crippen molar-refractivity contribution in [1.29, 1.82) is 0 Å². The van der Waals surface area contributed by atoms with Gasteiger partial charge in [-0.1, -0.05) is 6.07 Å². The van der Waals surface area contributed by atoms with E-state index in [9.17, 15) is 18.4 Å². The molecule has 0 aliphatic carbocycles. The van der Waals surface area contributed by atoms with Crippen molar-refractivity contribution in [3.05, 3.63) is 35.4 Å². The summed E-state index contributed by atoms with van der Waals surface area (Å²) in [6.07, 6.45) is -0.580. The molecule has 0 aromatic heterocycles. The summed E-state index contributed by atoms with van der Waals surface area (Å²) in [5, 5.41) is 5.11. The molecule has 0 bridgehead atoms. The molecule has 1 rings (SSSR count). The van der Waals surface area contributed by atoms with Crippen LogP contribution in [0, 0.1) is 11.6 Å². The number of nitrogens with zero attached hydrogens (tertiary/aromatic N) is 1. The molecule has 1 aromatic rings. The van der Waals surface area contributed by atoms with Crippen LogP contribution in [-0.4, -0.2) is 49.7 Å². The van der Waals surface area contributed by atoms with Gasteiger partial charge in [-0.05, 0) is 47.0 Å². The van der Waals surface area contributed by atoms with Crippen LogP contribution >= 0.6 is 0 Å². The first-order valence-corrected chi connectivity index (χ1v) is 8.35. The van der Waals surface area contributed by atoms with Gasteiger partial charge < -0.3 is 20.3 Å². The number of rotatable bonds is 7. The highest BCUT2D eigenvalue weighted by Gasteiger charge is 2.22. The van der Waals surface area contributed by atoms with Gasteiger partial charge in [0.15, 0.2) is 0 Å². The predicted molar refractivity (Wildman–Crippen MR) is 94.6 cm³/mol. The summed E-state index contributed by atoms with van der Waals surface area (Å²) in [5.41, 5.74) is -0.709. The van der Waals surface area contributed by atoms with Gasteiger partial charge in [-0.3, -0.25) is 4.79 Å². The van der Waals surface area contributed by atoms with Crippen LogP contribution in [0.25, 0.3) is 0 Å². The van der Waals surface area contributed by atoms with E-state index in [1.165, 1.54) is 18.2 Å². The van der Waals surface area contributed by atoms with Gasteiger partial charge in [-0.15, -0.1) is 0 Å². The van der Waals surface area contributed by atoms with Crippen LogP contribution in [0.4, 0.5) is 13.6 Å². The molecule has 0 aliphatic heterocycles. The van der Waals surface area contributed by atoms with Gasteiger partial charge in [-0.25, -0.2) is 13.6 Å². The zero-order chi connectivity index (χ0) is 19.9. The molecule has 26 heavy (non-hydrogen) atoms. The number of nitrogens with one attached hydrogen (secondary N) is 2. The quantitative estimate of drug-likeness (QED) is 0.773. The van der Waals surface area contributed by atoms with Gasteiger partial charge in [0.25, 0.3) is 0 Å². The number of amides is 2. The first kappa shape index (κ1) is 21.8. The van der Waals surface area contributed by atoms with E-state index in [0.717, 1.165) is 0 Å². The zero-order valence-electron chi connectivity index (χ0n) is 15.9. The maximum atomic E-state index is 14.0. The summed E-state index contributed by atoms with van der Waals surface area (Å²) in [5.74, 6) is -1.67. The molecule has 1 aromatic carbocycles. The second kappa shape index (κ2) is 9.47. The number of ether oxygens (including phenoxy) is 1. The molecule has 1 unspecified atom stereocenters. The minimum absolute atomic E-state index is 0.0269. The molecule has 2 amide bonds. The lowest BCUT2D eigenvalue weighted by atomic mass is 10.0. The van der Waals surface area contributed by atoms with Gasteiger partial charge in [-0.2, -0.15) is 0 Å². The predicted octanol–water partition coefficient (Wildman–Crippen LogP) is 2.60. The highest BCUT2D eigenvalue weighted by Crippen LogP contribution is 2.23. The fourth-order valence-corrected chi connectivity index (χ4v) is 2.26. The van der Waals surface area contributed by atoms with E-state index in [4.69, 9.17) is 4.74 Å².